The highest BCUT2D eigenvalue weighted by Crippen LogP contribution is 2.31. The number of thioether (sulfide) groups is 1. The topological polar surface area (TPSA) is 57.0 Å². The van der Waals surface area contributed by atoms with Crippen molar-refractivity contribution in [2.45, 2.75) is 31.5 Å². The van der Waals surface area contributed by atoms with Crippen LogP contribution >= 0.6 is 11.8 Å². The molecule has 0 bridgehead atoms. The van der Waals surface area contributed by atoms with Crippen LogP contribution in [0.1, 0.15) is 35.7 Å². The Morgan fingerprint density at radius 1 is 1.17 bits per heavy atom. The number of hydrogen-bond donors (Lipinski definition) is 0. The normalized spacial score (nSPS) is 10.9. The SMILES string of the molecule is C=CCn1c(SCC(=O)c2ccc(C(C)C)cc2)nnc1-c1ccccc1OC. The fraction of sp³-hybridized carbons (Fsp3) is 0.261. The molecule has 0 unspecified atom stereocenters. The third-order valence-corrected chi connectivity index (χ3v) is 5.57. The van der Waals surface area contributed by atoms with Crippen LogP contribution in [-0.2, 0) is 6.54 Å². The van der Waals surface area contributed by atoms with Crippen LogP contribution in [0.5, 0.6) is 5.75 Å². The van der Waals surface area contributed by atoms with Crippen molar-refractivity contribution in [3.8, 4) is 17.1 Å². The Hall–Kier alpha value is -2.86. The summed E-state index contributed by atoms with van der Waals surface area (Å²) in [7, 11) is 1.63. The fourth-order valence-corrected chi connectivity index (χ4v) is 3.83. The Morgan fingerprint density at radius 3 is 2.55 bits per heavy atom. The van der Waals surface area contributed by atoms with Crippen LogP contribution in [0.15, 0.2) is 66.3 Å². The quantitative estimate of drug-likeness (QED) is 0.276. The molecule has 0 amide bonds. The van der Waals surface area contributed by atoms with Gasteiger partial charge in [0.15, 0.2) is 16.8 Å². The summed E-state index contributed by atoms with van der Waals surface area (Å²) in [6, 6.07) is 15.5. The van der Waals surface area contributed by atoms with Gasteiger partial charge in [0.1, 0.15) is 5.75 Å². The summed E-state index contributed by atoms with van der Waals surface area (Å²) in [5, 5.41) is 9.34. The van der Waals surface area contributed by atoms with Crippen LogP contribution in [-0.4, -0.2) is 33.4 Å². The standard InChI is InChI=1S/C23H25N3O2S/c1-5-14-26-22(19-8-6-7-9-21(19)28-4)24-25-23(26)29-15-20(27)18-12-10-17(11-13-18)16(2)3/h5-13,16H,1,14-15H2,2-4H3. The molecule has 0 spiro atoms. The largest absolute Gasteiger partial charge is 0.496 e. The lowest BCUT2D eigenvalue weighted by molar-refractivity contribution is 0.102. The summed E-state index contributed by atoms with van der Waals surface area (Å²) < 4.78 is 7.41. The van der Waals surface area contributed by atoms with E-state index in [4.69, 9.17) is 4.74 Å². The summed E-state index contributed by atoms with van der Waals surface area (Å²) in [4.78, 5) is 12.6. The summed E-state index contributed by atoms with van der Waals surface area (Å²) in [6.07, 6.45) is 1.79. The molecule has 0 aliphatic rings. The van der Waals surface area contributed by atoms with Gasteiger partial charge in [0.05, 0.1) is 18.4 Å². The number of ketones is 1. The first-order chi connectivity index (χ1) is 14.0. The van der Waals surface area contributed by atoms with Crippen molar-refractivity contribution >= 4 is 17.5 Å². The molecule has 0 aliphatic heterocycles. The van der Waals surface area contributed by atoms with E-state index in [1.54, 1.807) is 13.2 Å². The number of benzene rings is 2. The van der Waals surface area contributed by atoms with E-state index >= 15 is 0 Å². The summed E-state index contributed by atoms with van der Waals surface area (Å²) in [6.45, 7) is 8.65. The number of nitrogens with zero attached hydrogens (tertiary/aromatic N) is 3. The van der Waals surface area contributed by atoms with Crippen LogP contribution < -0.4 is 4.74 Å². The molecule has 1 heterocycles. The van der Waals surface area contributed by atoms with Gasteiger partial charge in [0.2, 0.25) is 0 Å². The van der Waals surface area contributed by atoms with Crippen LogP contribution in [0.3, 0.4) is 0 Å². The second kappa shape index (κ2) is 9.56. The van der Waals surface area contributed by atoms with E-state index in [0.29, 0.717) is 34.8 Å². The smallest absolute Gasteiger partial charge is 0.192 e. The number of rotatable bonds is 9. The lowest BCUT2D eigenvalue weighted by atomic mass is 10.0. The van der Waals surface area contributed by atoms with Gasteiger partial charge in [-0.2, -0.15) is 0 Å². The van der Waals surface area contributed by atoms with Crippen LogP contribution in [0.2, 0.25) is 0 Å². The van der Waals surface area contributed by atoms with Crippen LogP contribution in [0.4, 0.5) is 0 Å². The number of para-hydroxylation sites is 1. The van der Waals surface area contributed by atoms with Gasteiger partial charge in [0.25, 0.3) is 0 Å². The molecule has 0 saturated carbocycles. The van der Waals surface area contributed by atoms with E-state index in [9.17, 15) is 4.79 Å². The van der Waals surface area contributed by atoms with E-state index in [0.717, 1.165) is 11.3 Å². The zero-order valence-electron chi connectivity index (χ0n) is 17.0. The maximum atomic E-state index is 12.6. The highest BCUT2D eigenvalue weighted by Gasteiger charge is 2.18. The van der Waals surface area contributed by atoms with Crippen LogP contribution in [0.25, 0.3) is 11.4 Å². The van der Waals surface area contributed by atoms with Crippen molar-refractivity contribution in [3.63, 3.8) is 0 Å². The highest BCUT2D eigenvalue weighted by atomic mass is 32.2. The summed E-state index contributed by atoms with van der Waals surface area (Å²) >= 11 is 1.38. The molecule has 6 heteroatoms. The van der Waals surface area contributed by atoms with E-state index in [1.165, 1.54) is 17.3 Å². The molecule has 3 aromatic rings. The molecule has 0 fully saturated rings. The zero-order chi connectivity index (χ0) is 20.8. The van der Waals surface area contributed by atoms with Gasteiger partial charge in [-0.1, -0.05) is 68.1 Å². The molecule has 5 nitrogen and oxygen atoms in total. The molecule has 150 valence electrons. The van der Waals surface area contributed by atoms with Gasteiger partial charge < -0.3 is 4.74 Å². The first-order valence-corrected chi connectivity index (χ1v) is 10.5. The molecule has 0 saturated heterocycles. The predicted octanol–water partition coefficient (Wildman–Crippen LogP) is 5.24. The van der Waals surface area contributed by atoms with Crippen molar-refractivity contribution < 1.29 is 9.53 Å². The first-order valence-electron chi connectivity index (χ1n) is 9.48. The number of ether oxygens (including phenoxy) is 1. The Bertz CT molecular complexity index is 994. The van der Waals surface area contributed by atoms with Gasteiger partial charge in [-0.3, -0.25) is 9.36 Å². The number of aromatic nitrogens is 3. The van der Waals surface area contributed by atoms with Crippen molar-refractivity contribution in [1.29, 1.82) is 0 Å². The van der Waals surface area contributed by atoms with Gasteiger partial charge in [0, 0.05) is 12.1 Å². The third-order valence-electron chi connectivity index (χ3n) is 4.61. The first kappa shape index (κ1) is 20.9. The Morgan fingerprint density at radius 2 is 1.90 bits per heavy atom. The molecular weight excluding hydrogens is 382 g/mol. The van der Waals surface area contributed by atoms with Crippen molar-refractivity contribution in [3.05, 3.63) is 72.3 Å². The van der Waals surface area contributed by atoms with Gasteiger partial charge in [-0.25, -0.2) is 0 Å². The highest BCUT2D eigenvalue weighted by molar-refractivity contribution is 7.99. The second-order valence-electron chi connectivity index (χ2n) is 6.89. The lowest BCUT2D eigenvalue weighted by Gasteiger charge is -2.10. The average molecular weight is 408 g/mol. The van der Waals surface area contributed by atoms with Crippen molar-refractivity contribution in [1.82, 2.24) is 14.8 Å². The van der Waals surface area contributed by atoms with E-state index < -0.39 is 0 Å². The van der Waals surface area contributed by atoms with Crippen LogP contribution in [0, 0.1) is 0 Å². The minimum Gasteiger partial charge on any atom is -0.496 e. The molecule has 0 aliphatic carbocycles. The molecule has 0 N–H and O–H groups in total. The van der Waals surface area contributed by atoms with Crippen molar-refractivity contribution in [2.75, 3.05) is 12.9 Å². The Balaban J connectivity index is 1.80. The average Bonchev–Trinajstić information content (AvgIpc) is 3.14. The molecule has 1 aromatic heterocycles. The number of Topliss-reactive ketones (excluding diaryl/α,β-unsaturated/α-hetero) is 1. The number of allylic oxidation sites excluding steroid dienone is 1. The maximum Gasteiger partial charge on any atom is 0.192 e. The van der Waals surface area contributed by atoms with E-state index in [-0.39, 0.29) is 5.78 Å². The molecular formula is C23H25N3O2S. The summed E-state index contributed by atoms with van der Waals surface area (Å²) in [5.74, 6) is 2.22. The molecule has 0 atom stereocenters. The Labute approximate surface area is 175 Å². The zero-order valence-corrected chi connectivity index (χ0v) is 17.8. The molecule has 0 radical (unpaired) electrons. The second-order valence-corrected chi connectivity index (χ2v) is 7.84. The monoisotopic (exact) mass is 407 g/mol. The van der Waals surface area contributed by atoms with Gasteiger partial charge in [-0.05, 0) is 23.6 Å². The minimum absolute atomic E-state index is 0.0669. The van der Waals surface area contributed by atoms with Gasteiger partial charge in [-0.15, -0.1) is 16.8 Å². The fourth-order valence-electron chi connectivity index (χ4n) is 2.99. The number of methoxy groups -OCH3 is 1. The molecule has 29 heavy (non-hydrogen) atoms. The molecule has 2 aromatic carbocycles. The maximum absolute atomic E-state index is 12.6. The van der Waals surface area contributed by atoms with Gasteiger partial charge >= 0.3 is 0 Å². The lowest BCUT2D eigenvalue weighted by Crippen LogP contribution is -2.06. The minimum atomic E-state index is 0.0669. The summed E-state index contributed by atoms with van der Waals surface area (Å²) in [5.41, 5.74) is 2.79. The molecule has 3 rings (SSSR count). The predicted molar refractivity (Wildman–Crippen MR) is 118 cm³/mol. The van der Waals surface area contributed by atoms with Crippen molar-refractivity contribution in [2.24, 2.45) is 0 Å². The van der Waals surface area contributed by atoms with E-state index in [1.807, 2.05) is 53.1 Å². The Kier molecular flexibility index (Phi) is 6.88. The number of carbonyl (C=O) groups excluding carboxylic acids is 1. The third kappa shape index (κ3) is 4.77. The number of carbonyl (C=O) groups is 1. The van der Waals surface area contributed by atoms with E-state index in [2.05, 4.69) is 30.6 Å². The number of hydrogen-bond acceptors (Lipinski definition) is 5.